The van der Waals surface area contributed by atoms with Crippen LogP contribution in [0.25, 0.3) is 11.0 Å². The van der Waals surface area contributed by atoms with E-state index in [1.54, 1.807) is 23.8 Å². The first-order valence-electron chi connectivity index (χ1n) is 11.9. The summed E-state index contributed by atoms with van der Waals surface area (Å²) in [6.07, 6.45) is 5.80. The highest BCUT2D eigenvalue weighted by molar-refractivity contribution is 7.92. The van der Waals surface area contributed by atoms with Gasteiger partial charge in [-0.3, -0.25) is 9.36 Å². The van der Waals surface area contributed by atoms with Crippen molar-refractivity contribution in [2.45, 2.75) is 63.1 Å². The maximum atomic E-state index is 12.8. The number of sulfonamides is 1. The summed E-state index contributed by atoms with van der Waals surface area (Å²) in [5, 5.41) is 16.2. The third-order valence-electron chi connectivity index (χ3n) is 7.17. The third kappa shape index (κ3) is 4.61. The van der Waals surface area contributed by atoms with Crippen LogP contribution in [-0.2, 0) is 14.8 Å². The van der Waals surface area contributed by atoms with Crippen molar-refractivity contribution in [1.82, 2.24) is 18.8 Å². The number of anilines is 1. The number of pyridine rings is 1. The van der Waals surface area contributed by atoms with Crippen LogP contribution in [-0.4, -0.2) is 70.3 Å². The van der Waals surface area contributed by atoms with Crippen molar-refractivity contribution < 1.29 is 18.3 Å². The molecule has 0 bridgehead atoms. The normalized spacial score (nSPS) is 28.2. The predicted molar refractivity (Wildman–Crippen MR) is 128 cm³/mol. The second kappa shape index (κ2) is 9.03. The third-order valence-corrected chi connectivity index (χ3v) is 8.89. The Morgan fingerprint density at radius 2 is 2.06 bits per heavy atom. The van der Waals surface area contributed by atoms with Gasteiger partial charge in [-0.15, -0.1) is 0 Å². The minimum atomic E-state index is -3.45. The molecule has 11 heteroatoms. The van der Waals surface area contributed by atoms with Crippen LogP contribution in [0.5, 0.6) is 0 Å². The van der Waals surface area contributed by atoms with E-state index >= 15 is 0 Å². The first-order valence-corrected chi connectivity index (χ1v) is 13.4. The molecular formula is C23H31N5O5S. The topological polar surface area (TPSA) is 127 Å². The van der Waals surface area contributed by atoms with Crippen LogP contribution in [0.4, 0.5) is 5.95 Å². The lowest BCUT2D eigenvalue weighted by atomic mass is 10.00. The molecule has 10 nitrogen and oxygen atoms in total. The molecule has 184 valence electrons. The number of aromatic nitrogens is 3. The van der Waals surface area contributed by atoms with Crippen molar-refractivity contribution in [2.75, 3.05) is 31.6 Å². The van der Waals surface area contributed by atoms with Gasteiger partial charge >= 0.3 is 0 Å². The first-order chi connectivity index (χ1) is 16.2. The van der Waals surface area contributed by atoms with Gasteiger partial charge in [-0.1, -0.05) is 0 Å². The molecule has 3 aliphatic rings. The summed E-state index contributed by atoms with van der Waals surface area (Å²) < 4.78 is 33.8. The Balaban J connectivity index is 1.32. The number of hydrogen-bond donors (Lipinski definition) is 2. The summed E-state index contributed by atoms with van der Waals surface area (Å²) in [5.41, 5.74) is 0.166. The van der Waals surface area contributed by atoms with Crippen LogP contribution in [0.3, 0.4) is 0 Å². The predicted octanol–water partition coefficient (Wildman–Crippen LogP) is 1.78. The minimum absolute atomic E-state index is 0.0184. The molecule has 4 heterocycles. The van der Waals surface area contributed by atoms with E-state index < -0.39 is 15.6 Å². The molecule has 0 amide bonds. The summed E-state index contributed by atoms with van der Waals surface area (Å²) in [7, 11) is -3.45. The minimum Gasteiger partial charge on any atom is -0.388 e. The second-order valence-electron chi connectivity index (χ2n) is 9.72. The zero-order valence-electron chi connectivity index (χ0n) is 19.3. The van der Waals surface area contributed by atoms with E-state index in [4.69, 9.17) is 4.74 Å². The molecule has 1 saturated carbocycles. The van der Waals surface area contributed by atoms with E-state index in [1.807, 2.05) is 0 Å². The number of nitrogens with zero attached hydrogens (tertiary/aromatic N) is 4. The van der Waals surface area contributed by atoms with Gasteiger partial charge in [0.1, 0.15) is 5.65 Å². The van der Waals surface area contributed by atoms with Crippen LogP contribution in [0.2, 0.25) is 0 Å². The monoisotopic (exact) mass is 489 g/mol. The molecule has 2 N–H and O–H groups in total. The molecule has 34 heavy (non-hydrogen) atoms. The molecule has 2 atom stereocenters. The van der Waals surface area contributed by atoms with Gasteiger partial charge < -0.3 is 15.2 Å². The van der Waals surface area contributed by atoms with Gasteiger partial charge in [-0.05, 0) is 57.1 Å². The van der Waals surface area contributed by atoms with E-state index in [9.17, 15) is 18.3 Å². The van der Waals surface area contributed by atoms with Crippen molar-refractivity contribution in [1.29, 1.82) is 0 Å². The van der Waals surface area contributed by atoms with Crippen molar-refractivity contribution >= 4 is 27.0 Å². The quantitative estimate of drug-likeness (QED) is 0.651. The Labute approximate surface area is 198 Å². The Morgan fingerprint density at radius 1 is 1.26 bits per heavy atom. The molecular weight excluding hydrogens is 458 g/mol. The highest BCUT2D eigenvalue weighted by Gasteiger charge is 2.39. The number of nitrogens with one attached hydrogen (secondary N) is 1. The van der Waals surface area contributed by atoms with Crippen molar-refractivity contribution in [2.24, 2.45) is 0 Å². The van der Waals surface area contributed by atoms with Crippen molar-refractivity contribution in [3.63, 3.8) is 0 Å². The number of fused-ring (bicyclic) bond motifs is 1. The molecule has 5 rings (SSSR count). The Hall–Kier alpha value is -2.34. The Morgan fingerprint density at radius 3 is 2.74 bits per heavy atom. The summed E-state index contributed by atoms with van der Waals surface area (Å²) in [6, 6.07) is 2.88. The average molecular weight is 490 g/mol. The number of piperidine rings is 1. The van der Waals surface area contributed by atoms with Crippen LogP contribution in [0.1, 0.15) is 51.5 Å². The van der Waals surface area contributed by atoms with Crippen molar-refractivity contribution in [3.05, 3.63) is 39.7 Å². The van der Waals surface area contributed by atoms with Crippen LogP contribution < -0.4 is 10.9 Å². The number of ether oxygens (including phenoxy) is 1. The van der Waals surface area contributed by atoms with E-state index in [0.717, 1.165) is 17.4 Å². The smallest absolute Gasteiger partial charge is 0.252 e. The second-order valence-corrected chi connectivity index (χ2v) is 11.5. The summed E-state index contributed by atoms with van der Waals surface area (Å²) in [5.74, 6) is 0.399. The fraction of sp³-hybridized carbons (Fsp3) is 0.609. The van der Waals surface area contributed by atoms with Gasteiger partial charge in [-0.2, -0.15) is 9.29 Å². The first kappa shape index (κ1) is 23.4. The lowest BCUT2D eigenvalue weighted by molar-refractivity contribution is 0.0267. The zero-order chi connectivity index (χ0) is 23.9. The highest BCUT2D eigenvalue weighted by Crippen LogP contribution is 2.39. The SMILES string of the molecule is C[C@@]1(O)CCC[C@H]1n1c(=O)ccc2cnc(NC3CCN(S(=O)(=O)/C=C4\CCOC4)CC3)nc21. The Kier molecular flexibility index (Phi) is 6.21. The molecule has 0 spiro atoms. The summed E-state index contributed by atoms with van der Waals surface area (Å²) in [4.78, 5) is 21.8. The van der Waals surface area contributed by atoms with Crippen LogP contribution in [0, 0.1) is 0 Å². The van der Waals surface area contributed by atoms with E-state index in [1.165, 1.54) is 15.8 Å². The van der Waals surface area contributed by atoms with Crippen molar-refractivity contribution in [3.8, 4) is 0 Å². The summed E-state index contributed by atoms with van der Waals surface area (Å²) >= 11 is 0. The number of hydrogen-bond acceptors (Lipinski definition) is 8. The number of rotatable bonds is 5. The average Bonchev–Trinajstić information content (AvgIpc) is 3.42. The van der Waals surface area contributed by atoms with Crippen LogP contribution in [0.15, 0.2) is 34.1 Å². The Bertz CT molecular complexity index is 1260. The standard InChI is InChI=1S/C23H31N5O5S/c1-23(30)9-2-3-19(23)28-20(29)5-4-17-13-24-22(26-21(17)28)25-18-6-10-27(11-7-18)34(31,32)15-16-8-12-33-14-16/h4-5,13,15,18-19,30H,2-3,6-12,14H2,1H3,(H,24,25,26)/b16-15+/t19-,23-/m1/s1. The summed E-state index contributed by atoms with van der Waals surface area (Å²) in [6.45, 7) is 3.55. The molecule has 0 radical (unpaired) electrons. The van der Waals surface area contributed by atoms with Gasteiger partial charge in [0.2, 0.25) is 16.0 Å². The fourth-order valence-electron chi connectivity index (χ4n) is 5.24. The molecule has 0 unspecified atom stereocenters. The van der Waals surface area contributed by atoms with E-state index in [0.29, 0.717) is 70.0 Å². The fourth-order valence-corrected chi connectivity index (χ4v) is 6.72. The highest BCUT2D eigenvalue weighted by atomic mass is 32.2. The maximum absolute atomic E-state index is 12.8. The largest absolute Gasteiger partial charge is 0.388 e. The van der Waals surface area contributed by atoms with Gasteiger partial charge in [0.05, 0.1) is 24.9 Å². The molecule has 2 aromatic rings. The van der Waals surface area contributed by atoms with Gasteiger partial charge in [0.25, 0.3) is 5.56 Å². The lowest BCUT2D eigenvalue weighted by Gasteiger charge is -2.31. The van der Waals surface area contributed by atoms with Gasteiger partial charge in [0, 0.05) is 42.2 Å². The van der Waals surface area contributed by atoms with Gasteiger partial charge in [0.15, 0.2) is 0 Å². The lowest BCUT2D eigenvalue weighted by Crippen LogP contribution is -2.42. The van der Waals surface area contributed by atoms with E-state index in [2.05, 4.69) is 15.3 Å². The molecule has 1 aliphatic carbocycles. The maximum Gasteiger partial charge on any atom is 0.252 e. The molecule has 0 aromatic carbocycles. The molecule has 3 fully saturated rings. The molecule has 2 aromatic heterocycles. The zero-order valence-corrected chi connectivity index (χ0v) is 20.1. The van der Waals surface area contributed by atoms with E-state index in [-0.39, 0.29) is 17.6 Å². The number of aliphatic hydroxyl groups is 1. The van der Waals surface area contributed by atoms with Gasteiger partial charge in [-0.25, -0.2) is 13.4 Å². The molecule has 2 aliphatic heterocycles. The van der Waals surface area contributed by atoms with Crippen LogP contribution >= 0.6 is 0 Å². The molecule has 2 saturated heterocycles.